The SMILES string of the molecule is CC(C)c1ccc(-c2noc(CC(O)C(F)F)n2)cc1. The third-order valence-electron chi connectivity index (χ3n) is 2.98. The number of aromatic nitrogens is 2. The molecule has 0 fully saturated rings. The molecule has 6 heteroatoms. The number of alkyl halides is 2. The third kappa shape index (κ3) is 3.39. The quantitative estimate of drug-likeness (QED) is 0.915. The fourth-order valence-electron chi connectivity index (χ4n) is 1.74. The molecule has 4 nitrogen and oxygen atoms in total. The molecule has 0 amide bonds. The van der Waals surface area contributed by atoms with Crippen LogP contribution in [0, 0.1) is 0 Å². The Morgan fingerprint density at radius 3 is 2.40 bits per heavy atom. The van der Waals surface area contributed by atoms with Crippen molar-refractivity contribution in [3.8, 4) is 11.4 Å². The molecule has 0 aliphatic heterocycles. The van der Waals surface area contributed by atoms with Crippen molar-refractivity contribution in [2.45, 2.75) is 38.7 Å². The van der Waals surface area contributed by atoms with E-state index in [1.807, 2.05) is 24.3 Å². The van der Waals surface area contributed by atoms with Gasteiger partial charge in [0.2, 0.25) is 11.7 Å². The van der Waals surface area contributed by atoms with E-state index in [1.54, 1.807) is 0 Å². The monoisotopic (exact) mass is 282 g/mol. The lowest BCUT2D eigenvalue weighted by Gasteiger charge is -2.05. The lowest BCUT2D eigenvalue weighted by atomic mass is 10.0. The van der Waals surface area contributed by atoms with Gasteiger partial charge in [0.05, 0.1) is 6.42 Å². The molecule has 1 atom stereocenters. The van der Waals surface area contributed by atoms with Crippen LogP contribution in [0.25, 0.3) is 11.4 Å². The Labute approximate surface area is 115 Å². The van der Waals surface area contributed by atoms with Crippen LogP contribution in [0.3, 0.4) is 0 Å². The first-order valence-electron chi connectivity index (χ1n) is 6.36. The van der Waals surface area contributed by atoms with Crippen molar-refractivity contribution in [2.24, 2.45) is 0 Å². The van der Waals surface area contributed by atoms with E-state index in [1.165, 1.54) is 5.56 Å². The number of benzene rings is 1. The largest absolute Gasteiger partial charge is 0.387 e. The summed E-state index contributed by atoms with van der Waals surface area (Å²) in [5.74, 6) is 0.753. The molecule has 1 aromatic heterocycles. The maximum absolute atomic E-state index is 12.2. The molecule has 0 aliphatic rings. The van der Waals surface area contributed by atoms with Crippen molar-refractivity contribution in [2.75, 3.05) is 0 Å². The highest BCUT2D eigenvalue weighted by atomic mass is 19.3. The van der Waals surface area contributed by atoms with E-state index in [-0.39, 0.29) is 12.3 Å². The van der Waals surface area contributed by atoms with E-state index < -0.39 is 12.5 Å². The Morgan fingerprint density at radius 1 is 1.20 bits per heavy atom. The zero-order valence-corrected chi connectivity index (χ0v) is 11.3. The molecule has 0 saturated carbocycles. The van der Waals surface area contributed by atoms with E-state index >= 15 is 0 Å². The van der Waals surface area contributed by atoms with E-state index in [0.717, 1.165) is 5.56 Å². The second-order valence-corrected chi connectivity index (χ2v) is 4.89. The van der Waals surface area contributed by atoms with Gasteiger partial charge in [0.1, 0.15) is 6.10 Å². The first-order chi connectivity index (χ1) is 9.47. The summed E-state index contributed by atoms with van der Waals surface area (Å²) in [6, 6.07) is 7.63. The van der Waals surface area contributed by atoms with Crippen molar-refractivity contribution in [1.29, 1.82) is 0 Å². The summed E-state index contributed by atoms with van der Waals surface area (Å²) in [4.78, 5) is 4.01. The molecule has 2 aromatic rings. The standard InChI is InChI=1S/C14H16F2N2O2/c1-8(2)9-3-5-10(6-4-9)14-17-12(20-18-14)7-11(19)13(15)16/h3-6,8,11,13,19H,7H2,1-2H3. The van der Waals surface area contributed by atoms with E-state index in [2.05, 4.69) is 24.0 Å². The van der Waals surface area contributed by atoms with Crippen molar-refractivity contribution >= 4 is 0 Å². The van der Waals surface area contributed by atoms with E-state index in [4.69, 9.17) is 9.63 Å². The second kappa shape index (κ2) is 6.09. The summed E-state index contributed by atoms with van der Waals surface area (Å²) in [6.45, 7) is 4.18. The minimum Gasteiger partial charge on any atom is -0.387 e. The zero-order chi connectivity index (χ0) is 14.7. The summed E-state index contributed by atoms with van der Waals surface area (Å²) < 4.78 is 29.3. The number of rotatable bonds is 5. The van der Waals surface area contributed by atoms with Gasteiger partial charge in [0.25, 0.3) is 6.43 Å². The van der Waals surface area contributed by atoms with Crippen LogP contribution in [0.4, 0.5) is 8.78 Å². The smallest absolute Gasteiger partial charge is 0.264 e. The maximum atomic E-state index is 12.2. The van der Waals surface area contributed by atoms with Crippen LogP contribution in [0.15, 0.2) is 28.8 Å². The summed E-state index contributed by atoms with van der Waals surface area (Å²) in [5, 5.41) is 12.8. The van der Waals surface area contributed by atoms with Crippen molar-refractivity contribution < 1.29 is 18.4 Å². The number of aliphatic hydroxyl groups excluding tert-OH is 1. The molecule has 2 rings (SSSR count). The van der Waals surface area contributed by atoms with Crippen molar-refractivity contribution in [3.63, 3.8) is 0 Å². The highest BCUT2D eigenvalue weighted by Crippen LogP contribution is 2.21. The fraction of sp³-hybridized carbons (Fsp3) is 0.429. The highest BCUT2D eigenvalue weighted by Gasteiger charge is 2.21. The third-order valence-corrected chi connectivity index (χ3v) is 2.98. The van der Waals surface area contributed by atoms with Gasteiger partial charge >= 0.3 is 0 Å². The van der Waals surface area contributed by atoms with Gasteiger partial charge in [-0.2, -0.15) is 4.98 Å². The Kier molecular flexibility index (Phi) is 4.44. The van der Waals surface area contributed by atoms with Crippen LogP contribution < -0.4 is 0 Å². The molecule has 108 valence electrons. The summed E-state index contributed by atoms with van der Waals surface area (Å²) in [6.07, 6.45) is -4.96. The molecule has 20 heavy (non-hydrogen) atoms. The van der Waals surface area contributed by atoms with Crippen molar-refractivity contribution in [1.82, 2.24) is 10.1 Å². The molecule has 0 aliphatic carbocycles. The van der Waals surface area contributed by atoms with Crippen molar-refractivity contribution in [3.05, 3.63) is 35.7 Å². The number of hydrogen-bond acceptors (Lipinski definition) is 4. The molecular formula is C14H16F2N2O2. The second-order valence-electron chi connectivity index (χ2n) is 4.89. The number of halogens is 2. The molecular weight excluding hydrogens is 266 g/mol. The lowest BCUT2D eigenvalue weighted by molar-refractivity contribution is -0.00754. The zero-order valence-electron chi connectivity index (χ0n) is 11.3. The summed E-state index contributed by atoms with van der Waals surface area (Å²) >= 11 is 0. The van der Waals surface area contributed by atoms with E-state index in [9.17, 15) is 8.78 Å². The predicted octanol–water partition coefficient (Wildman–Crippen LogP) is 3.03. The minimum atomic E-state index is -2.82. The Bertz CT molecular complexity index is 553. The Balaban J connectivity index is 2.12. The topological polar surface area (TPSA) is 59.2 Å². The van der Waals surface area contributed by atoms with Gasteiger partial charge in [-0.3, -0.25) is 0 Å². The lowest BCUT2D eigenvalue weighted by Crippen LogP contribution is -2.20. The first-order valence-corrected chi connectivity index (χ1v) is 6.36. The highest BCUT2D eigenvalue weighted by molar-refractivity contribution is 5.54. The molecule has 0 spiro atoms. The normalized spacial score (nSPS) is 13.2. The maximum Gasteiger partial charge on any atom is 0.264 e. The van der Waals surface area contributed by atoms with Gasteiger partial charge < -0.3 is 9.63 Å². The summed E-state index contributed by atoms with van der Waals surface area (Å²) in [5.41, 5.74) is 1.93. The minimum absolute atomic E-state index is 0.000682. The first kappa shape index (κ1) is 14.6. The van der Waals surface area contributed by atoms with Gasteiger partial charge in [-0.05, 0) is 11.5 Å². The van der Waals surface area contributed by atoms with Gasteiger partial charge in [0, 0.05) is 5.56 Å². The predicted molar refractivity (Wildman–Crippen MR) is 69.5 cm³/mol. The van der Waals surface area contributed by atoms with Crippen LogP contribution in [-0.4, -0.2) is 27.8 Å². The van der Waals surface area contributed by atoms with Gasteiger partial charge in [-0.15, -0.1) is 0 Å². The number of nitrogens with zero attached hydrogens (tertiary/aromatic N) is 2. The molecule has 1 heterocycles. The molecule has 0 saturated heterocycles. The van der Waals surface area contributed by atoms with Crippen LogP contribution in [0.2, 0.25) is 0 Å². The van der Waals surface area contributed by atoms with Gasteiger partial charge in [0.15, 0.2) is 0 Å². The molecule has 1 N–H and O–H groups in total. The molecule has 0 radical (unpaired) electrons. The Hall–Kier alpha value is -1.82. The van der Waals surface area contributed by atoms with Crippen LogP contribution >= 0.6 is 0 Å². The van der Waals surface area contributed by atoms with Crippen LogP contribution in [-0.2, 0) is 6.42 Å². The average molecular weight is 282 g/mol. The van der Waals surface area contributed by atoms with Gasteiger partial charge in [-0.25, -0.2) is 8.78 Å². The fourth-order valence-corrected chi connectivity index (χ4v) is 1.74. The van der Waals surface area contributed by atoms with E-state index in [0.29, 0.717) is 11.7 Å². The van der Waals surface area contributed by atoms with Crippen LogP contribution in [0.1, 0.15) is 31.2 Å². The average Bonchev–Trinajstić information content (AvgIpc) is 2.87. The number of hydrogen-bond donors (Lipinski definition) is 1. The number of aliphatic hydroxyl groups is 1. The summed E-state index contributed by atoms with van der Waals surface area (Å²) in [7, 11) is 0. The van der Waals surface area contributed by atoms with Crippen LogP contribution in [0.5, 0.6) is 0 Å². The van der Waals surface area contributed by atoms with Gasteiger partial charge in [-0.1, -0.05) is 43.3 Å². The molecule has 1 aromatic carbocycles. The molecule has 0 bridgehead atoms. The molecule has 1 unspecified atom stereocenters. The Morgan fingerprint density at radius 2 is 1.85 bits per heavy atom.